The Morgan fingerprint density at radius 2 is 1.28 bits per heavy atom. The first kappa shape index (κ1) is 29.7. The molecule has 0 atom stereocenters. The summed E-state index contributed by atoms with van der Waals surface area (Å²) in [4.78, 5) is 9.93. The molecule has 0 amide bonds. The molecule has 0 radical (unpaired) electrons. The average Bonchev–Trinajstić information content (AvgIpc) is 3.76. The van der Waals surface area contributed by atoms with Crippen LogP contribution in [0.25, 0.3) is 64.4 Å². The molecule has 9 aromatic rings. The van der Waals surface area contributed by atoms with Gasteiger partial charge in [0.15, 0.2) is 11.7 Å². The first-order chi connectivity index (χ1) is 24.7. The molecule has 4 nitrogen and oxygen atoms in total. The Labute approximate surface area is 292 Å². The van der Waals surface area contributed by atoms with Gasteiger partial charge in [0.05, 0.1) is 0 Å². The quantitative estimate of drug-likeness (QED) is 0.145. The minimum Gasteiger partial charge on any atom is -0.456 e. The lowest BCUT2D eigenvalue weighted by Crippen LogP contribution is -2.05. The van der Waals surface area contributed by atoms with Crippen LogP contribution < -0.4 is 0 Å². The van der Waals surface area contributed by atoms with E-state index in [0.29, 0.717) is 11.4 Å². The van der Waals surface area contributed by atoms with Crippen molar-refractivity contribution < 1.29 is 4.42 Å². The molecule has 236 valence electrons. The van der Waals surface area contributed by atoms with E-state index in [1.54, 1.807) is 11.3 Å². The van der Waals surface area contributed by atoms with E-state index >= 15 is 0 Å². The van der Waals surface area contributed by atoms with E-state index in [2.05, 4.69) is 97.1 Å². The van der Waals surface area contributed by atoms with Crippen molar-refractivity contribution in [3.05, 3.63) is 180 Å². The Bertz CT molecular complexity index is 2760. The Morgan fingerprint density at radius 1 is 0.580 bits per heavy atom. The highest BCUT2D eigenvalue weighted by Gasteiger charge is 2.16. The summed E-state index contributed by atoms with van der Waals surface area (Å²) < 4.78 is 8.58. The summed E-state index contributed by atoms with van der Waals surface area (Å²) in [6.07, 6.45) is 1.84. The van der Waals surface area contributed by atoms with Crippen LogP contribution in [0.4, 0.5) is 0 Å². The van der Waals surface area contributed by atoms with Gasteiger partial charge in [0.25, 0.3) is 0 Å². The second kappa shape index (κ2) is 12.5. The maximum absolute atomic E-state index is 9.30. The summed E-state index contributed by atoms with van der Waals surface area (Å²) >= 11 is 1.73. The molecule has 0 saturated heterocycles. The number of hydrogen-bond donors (Lipinski definition) is 1. The van der Waals surface area contributed by atoms with Crippen LogP contribution in [0.2, 0.25) is 0 Å². The van der Waals surface area contributed by atoms with Gasteiger partial charge in [-0.3, -0.25) is 5.41 Å². The van der Waals surface area contributed by atoms with Crippen molar-refractivity contribution in [2.75, 3.05) is 0 Å². The van der Waals surface area contributed by atoms with Crippen LogP contribution in [0.5, 0.6) is 0 Å². The largest absolute Gasteiger partial charge is 0.456 e. The maximum Gasteiger partial charge on any atom is 0.163 e. The van der Waals surface area contributed by atoms with Crippen molar-refractivity contribution in [2.45, 2.75) is 0 Å². The molecule has 0 spiro atoms. The first-order valence-electron chi connectivity index (χ1n) is 16.5. The highest BCUT2D eigenvalue weighted by atomic mass is 32.1. The van der Waals surface area contributed by atoms with E-state index < -0.39 is 0 Å². The molecule has 9 rings (SSSR count). The molecule has 5 heteroatoms. The lowest BCUT2D eigenvalue weighted by atomic mass is 9.99. The van der Waals surface area contributed by atoms with Crippen molar-refractivity contribution in [3.63, 3.8) is 0 Å². The molecule has 0 aliphatic rings. The third kappa shape index (κ3) is 5.40. The van der Waals surface area contributed by atoms with E-state index in [9.17, 15) is 5.41 Å². The van der Waals surface area contributed by atoms with Gasteiger partial charge in [-0.25, -0.2) is 9.98 Å². The normalized spacial score (nSPS) is 12.1. The van der Waals surface area contributed by atoms with Gasteiger partial charge in [-0.05, 0) is 64.2 Å². The number of aliphatic imine (C=N–C) groups is 2. The fraction of sp³-hybridized carbons (Fsp3) is 0. The monoisotopic (exact) mass is 659 g/mol. The molecule has 7 aromatic carbocycles. The van der Waals surface area contributed by atoms with Crippen molar-refractivity contribution in [1.29, 1.82) is 5.41 Å². The molecule has 2 aromatic heterocycles. The molecule has 0 fully saturated rings. The molecule has 0 saturated carbocycles. The van der Waals surface area contributed by atoms with Crippen LogP contribution in [0, 0.1) is 5.41 Å². The van der Waals surface area contributed by atoms with Crippen molar-refractivity contribution >= 4 is 71.3 Å². The topological polar surface area (TPSA) is 61.7 Å². The van der Waals surface area contributed by atoms with Gasteiger partial charge in [0.1, 0.15) is 11.2 Å². The highest BCUT2D eigenvalue weighted by Crippen LogP contribution is 2.38. The zero-order chi connectivity index (χ0) is 33.4. The van der Waals surface area contributed by atoms with Crippen molar-refractivity contribution in [3.8, 4) is 22.3 Å². The Morgan fingerprint density at radius 3 is 2.10 bits per heavy atom. The van der Waals surface area contributed by atoms with Crippen LogP contribution in [-0.4, -0.2) is 17.9 Å². The summed E-state index contributed by atoms with van der Waals surface area (Å²) in [5.74, 6) is 0.615. The molecule has 1 N–H and O–H groups in total. The minimum absolute atomic E-state index is 0.128. The number of thiophene rings is 1. The van der Waals surface area contributed by atoms with Crippen LogP contribution in [0.1, 0.15) is 16.7 Å². The van der Waals surface area contributed by atoms with Crippen molar-refractivity contribution in [1.82, 2.24) is 0 Å². The number of nitrogens with one attached hydrogen (secondary N) is 1. The lowest BCUT2D eigenvalue weighted by molar-refractivity contribution is 0.669. The number of amidine groups is 2. The standard InChI is InChI=1S/C45H29N3OS/c46-44(33-25-26-39-38(27-33)42-34(16-10-19-40(42)49-39)32-13-5-2-6-14-32)48-45(37-18-9-17-36-35-15-7-8-20-41(35)50-43(36)37)47-28-29-21-23-31(24-22-29)30-11-3-1-4-12-30/h1-28,46H. The first-order valence-corrected chi connectivity index (χ1v) is 17.3. The Balaban J connectivity index is 1.16. The summed E-state index contributed by atoms with van der Waals surface area (Å²) in [5.41, 5.74) is 8.64. The minimum atomic E-state index is 0.128. The number of furan rings is 1. The lowest BCUT2D eigenvalue weighted by Gasteiger charge is -2.07. The van der Waals surface area contributed by atoms with Gasteiger partial charge < -0.3 is 4.42 Å². The van der Waals surface area contributed by atoms with Gasteiger partial charge in [0, 0.05) is 48.3 Å². The number of rotatable bonds is 5. The summed E-state index contributed by atoms with van der Waals surface area (Å²) in [6, 6.07) is 55.7. The summed E-state index contributed by atoms with van der Waals surface area (Å²) in [5, 5.41) is 13.6. The molecule has 0 bridgehead atoms. The average molecular weight is 660 g/mol. The van der Waals surface area contributed by atoms with Gasteiger partial charge in [0.2, 0.25) is 0 Å². The Hall–Kier alpha value is -6.43. The van der Waals surface area contributed by atoms with E-state index in [-0.39, 0.29) is 5.84 Å². The van der Waals surface area contributed by atoms with Crippen LogP contribution in [0.3, 0.4) is 0 Å². The molecule has 50 heavy (non-hydrogen) atoms. The summed E-state index contributed by atoms with van der Waals surface area (Å²) in [6.45, 7) is 0. The molecular formula is C45H29N3OS. The van der Waals surface area contributed by atoms with Crippen molar-refractivity contribution in [2.24, 2.45) is 9.98 Å². The number of hydrogen-bond acceptors (Lipinski definition) is 3. The van der Waals surface area contributed by atoms with Gasteiger partial charge in [-0.1, -0.05) is 127 Å². The van der Waals surface area contributed by atoms with E-state index in [1.807, 2.05) is 72.9 Å². The molecule has 2 heterocycles. The molecule has 0 unspecified atom stereocenters. The number of benzene rings is 7. The number of fused-ring (bicyclic) bond motifs is 6. The fourth-order valence-electron chi connectivity index (χ4n) is 6.61. The third-order valence-corrected chi connectivity index (χ3v) is 10.3. The van der Waals surface area contributed by atoms with Gasteiger partial charge >= 0.3 is 0 Å². The second-order valence-electron chi connectivity index (χ2n) is 12.2. The molecule has 0 aliphatic heterocycles. The van der Waals surface area contributed by atoms with E-state index in [1.165, 1.54) is 15.6 Å². The molecular weight excluding hydrogens is 631 g/mol. The van der Waals surface area contributed by atoms with Crippen LogP contribution in [-0.2, 0) is 0 Å². The molecule has 0 aliphatic carbocycles. The van der Waals surface area contributed by atoms with Crippen LogP contribution in [0.15, 0.2) is 178 Å². The summed E-state index contributed by atoms with van der Waals surface area (Å²) in [7, 11) is 0. The van der Waals surface area contributed by atoms with Crippen LogP contribution >= 0.6 is 11.3 Å². The third-order valence-electron chi connectivity index (χ3n) is 9.07. The van der Waals surface area contributed by atoms with Gasteiger partial charge in [-0.2, -0.15) is 0 Å². The predicted molar refractivity (Wildman–Crippen MR) is 211 cm³/mol. The zero-order valence-electron chi connectivity index (χ0n) is 26.9. The SMILES string of the molecule is N=C(N=C(N=Cc1ccc(-c2ccccc2)cc1)c1cccc2c1sc1ccccc12)c1ccc2oc3cccc(-c4ccccc4)c3c2c1. The maximum atomic E-state index is 9.30. The van der Waals surface area contributed by atoms with Gasteiger partial charge in [-0.15, -0.1) is 11.3 Å². The van der Waals surface area contributed by atoms with E-state index in [0.717, 1.165) is 59.8 Å². The highest BCUT2D eigenvalue weighted by molar-refractivity contribution is 7.26. The predicted octanol–water partition coefficient (Wildman–Crippen LogP) is 12.2. The zero-order valence-corrected chi connectivity index (χ0v) is 27.7. The number of nitrogens with zero attached hydrogens (tertiary/aromatic N) is 2. The van der Waals surface area contributed by atoms with E-state index in [4.69, 9.17) is 14.4 Å². The Kier molecular flexibility index (Phi) is 7.45. The smallest absolute Gasteiger partial charge is 0.163 e. The second-order valence-corrected chi connectivity index (χ2v) is 13.2. The fourth-order valence-corrected chi connectivity index (χ4v) is 7.82.